The van der Waals surface area contributed by atoms with Gasteiger partial charge in [-0.3, -0.25) is 4.90 Å². The van der Waals surface area contributed by atoms with E-state index >= 15 is 0 Å². The maximum absolute atomic E-state index is 3.82. The van der Waals surface area contributed by atoms with Crippen LogP contribution in [0, 0.1) is 0 Å². The van der Waals surface area contributed by atoms with E-state index in [9.17, 15) is 0 Å². The first-order valence-electron chi connectivity index (χ1n) is 8.94. The van der Waals surface area contributed by atoms with E-state index in [0.29, 0.717) is 0 Å². The van der Waals surface area contributed by atoms with Crippen LogP contribution < -0.4 is 16.0 Å². The molecule has 4 heteroatoms. The summed E-state index contributed by atoms with van der Waals surface area (Å²) in [5.74, 6) is 0. The molecule has 1 aliphatic heterocycles. The molecule has 0 amide bonds. The van der Waals surface area contributed by atoms with Crippen LogP contribution in [-0.4, -0.2) is 57.3 Å². The van der Waals surface area contributed by atoms with Crippen molar-refractivity contribution in [2.24, 2.45) is 0 Å². The Morgan fingerprint density at radius 3 is 2.17 bits per heavy atom. The minimum absolute atomic E-state index is 1.03. The zero-order chi connectivity index (χ0) is 16.2. The van der Waals surface area contributed by atoms with Gasteiger partial charge in [-0.1, -0.05) is 36.9 Å². The summed E-state index contributed by atoms with van der Waals surface area (Å²) in [5.41, 5.74) is 2.57. The molecule has 23 heavy (non-hydrogen) atoms. The highest BCUT2D eigenvalue weighted by atomic mass is 15.1. The number of hydrogen-bond donors (Lipinski definition) is 3. The summed E-state index contributed by atoms with van der Waals surface area (Å²) in [4.78, 5) is 2.56. The Balaban J connectivity index is 1.83. The first kappa shape index (κ1) is 18.1. The van der Waals surface area contributed by atoms with Crippen LogP contribution >= 0.6 is 0 Å². The summed E-state index contributed by atoms with van der Waals surface area (Å²) in [6.07, 6.45) is 4.30. The summed E-state index contributed by atoms with van der Waals surface area (Å²) in [6.45, 7) is 13.6. The van der Waals surface area contributed by atoms with E-state index in [2.05, 4.69) is 51.7 Å². The van der Waals surface area contributed by atoms with E-state index in [1.54, 1.807) is 0 Å². The van der Waals surface area contributed by atoms with Crippen molar-refractivity contribution in [2.45, 2.75) is 19.4 Å². The van der Waals surface area contributed by atoms with Crippen LogP contribution in [0.1, 0.15) is 24.0 Å². The van der Waals surface area contributed by atoms with E-state index in [1.165, 1.54) is 24.0 Å². The Labute approximate surface area is 141 Å². The van der Waals surface area contributed by atoms with Gasteiger partial charge in [0.25, 0.3) is 0 Å². The fourth-order valence-electron chi connectivity index (χ4n) is 2.84. The summed E-state index contributed by atoms with van der Waals surface area (Å²) < 4.78 is 0. The molecule has 2 rings (SSSR count). The largest absolute Gasteiger partial charge is 0.315 e. The Bertz CT molecular complexity index is 416. The van der Waals surface area contributed by atoms with Gasteiger partial charge in [0.2, 0.25) is 0 Å². The second kappa shape index (κ2) is 11.4. The Kier molecular flexibility index (Phi) is 8.96. The molecule has 1 heterocycles. The lowest BCUT2D eigenvalue weighted by atomic mass is 10.1. The fraction of sp³-hybridized carbons (Fsp3) is 0.579. The maximum Gasteiger partial charge on any atom is 0.0234 e. The molecule has 0 saturated carbocycles. The van der Waals surface area contributed by atoms with Gasteiger partial charge in [0, 0.05) is 32.7 Å². The van der Waals surface area contributed by atoms with Gasteiger partial charge in [-0.25, -0.2) is 0 Å². The minimum atomic E-state index is 1.03. The maximum atomic E-state index is 3.82. The average Bonchev–Trinajstić information content (AvgIpc) is 2.59. The van der Waals surface area contributed by atoms with Gasteiger partial charge in [0.1, 0.15) is 0 Å². The molecule has 0 bridgehead atoms. The molecular formula is C19H32N4. The summed E-state index contributed by atoms with van der Waals surface area (Å²) in [5, 5.41) is 10.6. The molecule has 0 aromatic heterocycles. The molecule has 1 aliphatic rings. The molecular weight excluding hydrogens is 284 g/mol. The molecule has 0 radical (unpaired) electrons. The van der Waals surface area contributed by atoms with Gasteiger partial charge in [0.15, 0.2) is 0 Å². The van der Waals surface area contributed by atoms with Crippen molar-refractivity contribution in [1.29, 1.82) is 0 Å². The molecule has 1 fully saturated rings. The Morgan fingerprint density at radius 1 is 0.826 bits per heavy atom. The van der Waals surface area contributed by atoms with Crippen molar-refractivity contribution in [2.75, 3.05) is 52.4 Å². The highest BCUT2D eigenvalue weighted by molar-refractivity contribution is 5.47. The minimum Gasteiger partial charge on any atom is -0.315 e. The molecule has 4 nitrogen and oxygen atoms in total. The monoisotopic (exact) mass is 316 g/mol. The van der Waals surface area contributed by atoms with Crippen molar-refractivity contribution >= 4 is 6.08 Å². The van der Waals surface area contributed by atoms with Crippen LogP contribution in [0.3, 0.4) is 0 Å². The molecule has 128 valence electrons. The highest BCUT2D eigenvalue weighted by Crippen LogP contribution is 2.08. The third-order valence-electron chi connectivity index (χ3n) is 4.24. The van der Waals surface area contributed by atoms with Crippen LogP contribution in [0.4, 0.5) is 0 Å². The van der Waals surface area contributed by atoms with Crippen molar-refractivity contribution in [3.8, 4) is 0 Å². The number of rotatable bonds is 3. The second-order valence-electron chi connectivity index (χ2n) is 6.18. The first-order valence-corrected chi connectivity index (χ1v) is 8.94. The topological polar surface area (TPSA) is 39.3 Å². The van der Waals surface area contributed by atoms with Crippen LogP contribution in [0.5, 0.6) is 0 Å². The summed E-state index contributed by atoms with van der Waals surface area (Å²) in [7, 11) is 0. The normalized spacial score (nSPS) is 19.8. The summed E-state index contributed by atoms with van der Waals surface area (Å²) in [6, 6.07) is 8.75. The molecule has 0 spiro atoms. The van der Waals surface area contributed by atoms with Gasteiger partial charge in [-0.15, -0.1) is 0 Å². The van der Waals surface area contributed by atoms with Crippen LogP contribution in [-0.2, 0) is 6.54 Å². The predicted octanol–water partition coefficient (Wildman–Crippen LogP) is 1.69. The molecule has 1 saturated heterocycles. The molecule has 0 atom stereocenters. The number of benzene rings is 1. The van der Waals surface area contributed by atoms with Crippen molar-refractivity contribution in [3.63, 3.8) is 0 Å². The van der Waals surface area contributed by atoms with Crippen LogP contribution in [0.15, 0.2) is 30.8 Å². The SMILES string of the molecule is C=Cc1ccc(CN2CCCNCCNCCCNCC2)cc1. The molecule has 0 aliphatic carbocycles. The lowest BCUT2D eigenvalue weighted by Crippen LogP contribution is -2.36. The second-order valence-corrected chi connectivity index (χ2v) is 6.18. The molecule has 1 aromatic rings. The Hall–Kier alpha value is -1.20. The predicted molar refractivity (Wildman–Crippen MR) is 99.7 cm³/mol. The highest BCUT2D eigenvalue weighted by Gasteiger charge is 2.06. The average molecular weight is 316 g/mol. The number of nitrogens with zero attached hydrogens (tertiary/aromatic N) is 1. The van der Waals surface area contributed by atoms with E-state index in [-0.39, 0.29) is 0 Å². The van der Waals surface area contributed by atoms with E-state index in [1.807, 2.05) is 6.08 Å². The first-order chi connectivity index (χ1) is 11.4. The lowest BCUT2D eigenvalue weighted by molar-refractivity contribution is 0.260. The van der Waals surface area contributed by atoms with E-state index in [0.717, 1.165) is 58.9 Å². The zero-order valence-corrected chi connectivity index (χ0v) is 14.3. The van der Waals surface area contributed by atoms with Crippen molar-refractivity contribution < 1.29 is 0 Å². The molecule has 3 N–H and O–H groups in total. The van der Waals surface area contributed by atoms with Gasteiger partial charge >= 0.3 is 0 Å². The van der Waals surface area contributed by atoms with Gasteiger partial charge < -0.3 is 16.0 Å². The molecule has 1 aromatic carbocycles. The fourth-order valence-corrected chi connectivity index (χ4v) is 2.84. The smallest absolute Gasteiger partial charge is 0.0234 e. The van der Waals surface area contributed by atoms with Gasteiger partial charge in [-0.2, -0.15) is 0 Å². The number of nitrogens with one attached hydrogen (secondary N) is 3. The van der Waals surface area contributed by atoms with Crippen molar-refractivity contribution in [1.82, 2.24) is 20.9 Å². The quantitative estimate of drug-likeness (QED) is 0.794. The zero-order valence-electron chi connectivity index (χ0n) is 14.3. The Morgan fingerprint density at radius 2 is 1.48 bits per heavy atom. The van der Waals surface area contributed by atoms with Crippen LogP contribution in [0.2, 0.25) is 0 Å². The molecule has 0 unspecified atom stereocenters. The van der Waals surface area contributed by atoms with E-state index < -0.39 is 0 Å². The van der Waals surface area contributed by atoms with Gasteiger partial charge in [-0.05, 0) is 50.1 Å². The van der Waals surface area contributed by atoms with Crippen molar-refractivity contribution in [3.05, 3.63) is 42.0 Å². The van der Waals surface area contributed by atoms with Crippen LogP contribution in [0.25, 0.3) is 6.08 Å². The van der Waals surface area contributed by atoms with Gasteiger partial charge in [0.05, 0.1) is 0 Å². The van der Waals surface area contributed by atoms with E-state index in [4.69, 9.17) is 0 Å². The third-order valence-corrected chi connectivity index (χ3v) is 4.24. The standard InChI is InChI=1S/C19H32N4/c1-2-18-5-7-19(8-6-18)17-23-15-4-11-21-13-12-20-9-3-10-22-14-16-23/h2,5-8,20-22H,1,3-4,9-17H2. The summed E-state index contributed by atoms with van der Waals surface area (Å²) >= 11 is 0. The lowest BCUT2D eigenvalue weighted by Gasteiger charge is -2.23. The third kappa shape index (κ3) is 7.75. The number of hydrogen-bond acceptors (Lipinski definition) is 4.